The van der Waals surface area contributed by atoms with Crippen molar-refractivity contribution < 1.29 is 0 Å². The zero-order valence-corrected chi connectivity index (χ0v) is 8.64. The Labute approximate surface area is 81.5 Å². The lowest BCUT2D eigenvalue weighted by molar-refractivity contribution is 0.844. The fourth-order valence-corrected chi connectivity index (χ4v) is 0.893. The van der Waals surface area contributed by atoms with Crippen molar-refractivity contribution in [3.63, 3.8) is 0 Å². The van der Waals surface area contributed by atoms with Crippen molar-refractivity contribution in [3.05, 3.63) is 48.7 Å². The summed E-state index contributed by atoms with van der Waals surface area (Å²) in [6.07, 6.45) is 9.97. The fraction of sp³-hybridized carbons (Fsp3) is 0.333. The minimum atomic E-state index is 0.964. The second-order valence-corrected chi connectivity index (χ2v) is 2.83. The first-order valence-electron chi connectivity index (χ1n) is 4.54. The van der Waals surface area contributed by atoms with Crippen LogP contribution in [0.3, 0.4) is 0 Å². The third-order valence-corrected chi connectivity index (χ3v) is 1.83. The van der Waals surface area contributed by atoms with Crippen molar-refractivity contribution in [3.8, 4) is 0 Å². The van der Waals surface area contributed by atoms with Crippen molar-refractivity contribution in [2.45, 2.75) is 19.8 Å². The smallest absolute Gasteiger partial charge is 0.00343 e. The first-order chi connectivity index (χ1) is 6.24. The molecule has 72 valence electrons. The molecule has 0 radical (unpaired) electrons. The standard InChI is InChI=1S/C12H19N/c1-5-7-8-12(6-2)10-9-11(3)13-4/h5-8,13H,2-3,9-10H2,1,4H3/b7-5-,12-8+. The Kier molecular flexibility index (Phi) is 6.70. The van der Waals surface area contributed by atoms with Crippen LogP contribution in [0.5, 0.6) is 0 Å². The second kappa shape index (κ2) is 7.41. The van der Waals surface area contributed by atoms with Gasteiger partial charge >= 0.3 is 0 Å². The molecule has 0 rings (SSSR count). The number of hydrogen-bond acceptors (Lipinski definition) is 1. The van der Waals surface area contributed by atoms with Gasteiger partial charge < -0.3 is 5.32 Å². The Morgan fingerprint density at radius 2 is 2.08 bits per heavy atom. The van der Waals surface area contributed by atoms with Crippen molar-refractivity contribution >= 4 is 0 Å². The predicted octanol–water partition coefficient (Wildman–Crippen LogP) is 3.19. The lowest BCUT2D eigenvalue weighted by Crippen LogP contribution is -2.03. The summed E-state index contributed by atoms with van der Waals surface area (Å²) in [7, 11) is 1.89. The van der Waals surface area contributed by atoms with Crippen LogP contribution < -0.4 is 5.32 Å². The molecular formula is C12H19N. The molecule has 1 N–H and O–H groups in total. The van der Waals surface area contributed by atoms with E-state index in [2.05, 4.69) is 24.6 Å². The van der Waals surface area contributed by atoms with E-state index >= 15 is 0 Å². The van der Waals surface area contributed by atoms with Gasteiger partial charge in [-0.3, -0.25) is 0 Å². The number of rotatable bonds is 6. The summed E-state index contributed by atoms with van der Waals surface area (Å²) in [4.78, 5) is 0. The number of nitrogens with one attached hydrogen (secondary N) is 1. The molecule has 0 atom stereocenters. The monoisotopic (exact) mass is 177 g/mol. The maximum atomic E-state index is 3.87. The summed E-state index contributed by atoms with van der Waals surface area (Å²) in [6, 6.07) is 0. The Hall–Kier alpha value is -1.24. The van der Waals surface area contributed by atoms with Gasteiger partial charge in [0, 0.05) is 12.7 Å². The van der Waals surface area contributed by atoms with Crippen molar-refractivity contribution in [1.29, 1.82) is 0 Å². The molecule has 0 aliphatic carbocycles. The molecule has 0 saturated carbocycles. The maximum Gasteiger partial charge on any atom is 0.00343 e. The molecule has 0 aromatic heterocycles. The van der Waals surface area contributed by atoms with Crippen LogP contribution in [0, 0.1) is 0 Å². The minimum absolute atomic E-state index is 0.964. The highest BCUT2D eigenvalue weighted by Gasteiger charge is 1.93. The van der Waals surface area contributed by atoms with Crippen LogP contribution >= 0.6 is 0 Å². The predicted molar refractivity (Wildman–Crippen MR) is 60.5 cm³/mol. The van der Waals surface area contributed by atoms with Crippen molar-refractivity contribution in [2.24, 2.45) is 0 Å². The topological polar surface area (TPSA) is 12.0 Å². The summed E-state index contributed by atoms with van der Waals surface area (Å²) in [5.41, 5.74) is 2.31. The lowest BCUT2D eigenvalue weighted by atomic mass is 10.1. The summed E-state index contributed by atoms with van der Waals surface area (Å²) in [5, 5.41) is 3.03. The van der Waals surface area contributed by atoms with Gasteiger partial charge in [0.1, 0.15) is 0 Å². The SMILES string of the molecule is C=C/C(=C\C=C/C)CCC(=C)NC. The molecule has 0 bridgehead atoms. The Balaban J connectivity index is 3.99. The van der Waals surface area contributed by atoms with Gasteiger partial charge in [-0.15, -0.1) is 0 Å². The second-order valence-electron chi connectivity index (χ2n) is 2.83. The summed E-state index contributed by atoms with van der Waals surface area (Å²) >= 11 is 0. The molecule has 0 fully saturated rings. The molecule has 0 saturated heterocycles. The molecule has 0 aromatic carbocycles. The van der Waals surface area contributed by atoms with Gasteiger partial charge in [0.25, 0.3) is 0 Å². The molecule has 0 spiro atoms. The number of allylic oxidation sites excluding steroid dienone is 6. The molecule has 0 aliphatic heterocycles. The van der Waals surface area contributed by atoms with E-state index in [0.29, 0.717) is 0 Å². The molecule has 13 heavy (non-hydrogen) atoms. The third kappa shape index (κ3) is 5.97. The molecule has 1 heteroatoms. The van der Waals surface area contributed by atoms with E-state index in [-0.39, 0.29) is 0 Å². The molecule has 0 aromatic rings. The van der Waals surface area contributed by atoms with E-state index in [1.807, 2.05) is 32.2 Å². The summed E-state index contributed by atoms with van der Waals surface area (Å²) < 4.78 is 0. The van der Waals surface area contributed by atoms with E-state index in [1.165, 1.54) is 5.57 Å². The van der Waals surface area contributed by atoms with Gasteiger partial charge in [-0.25, -0.2) is 0 Å². The van der Waals surface area contributed by atoms with E-state index in [1.54, 1.807) is 0 Å². The average molecular weight is 177 g/mol. The zero-order valence-electron chi connectivity index (χ0n) is 8.64. The highest BCUT2D eigenvalue weighted by molar-refractivity contribution is 5.22. The maximum absolute atomic E-state index is 3.87. The molecular weight excluding hydrogens is 158 g/mol. The summed E-state index contributed by atoms with van der Waals surface area (Å²) in [5.74, 6) is 0. The Bertz CT molecular complexity index is 221. The molecule has 0 amide bonds. The van der Waals surface area contributed by atoms with Crippen LogP contribution in [0.15, 0.2) is 48.7 Å². The van der Waals surface area contributed by atoms with Crippen LogP contribution in [0.2, 0.25) is 0 Å². The Morgan fingerprint density at radius 3 is 2.54 bits per heavy atom. The van der Waals surface area contributed by atoms with Crippen LogP contribution in [0.1, 0.15) is 19.8 Å². The van der Waals surface area contributed by atoms with Crippen molar-refractivity contribution in [2.75, 3.05) is 7.05 Å². The van der Waals surface area contributed by atoms with Gasteiger partial charge in [0.15, 0.2) is 0 Å². The highest BCUT2D eigenvalue weighted by Crippen LogP contribution is 2.09. The molecule has 0 unspecified atom stereocenters. The van der Waals surface area contributed by atoms with Crippen molar-refractivity contribution in [1.82, 2.24) is 5.32 Å². The first-order valence-corrected chi connectivity index (χ1v) is 4.54. The van der Waals surface area contributed by atoms with E-state index in [9.17, 15) is 0 Å². The zero-order chi connectivity index (χ0) is 10.1. The summed E-state index contributed by atoms with van der Waals surface area (Å²) in [6.45, 7) is 9.64. The van der Waals surface area contributed by atoms with Gasteiger partial charge in [0.2, 0.25) is 0 Å². The van der Waals surface area contributed by atoms with Crippen LogP contribution in [-0.2, 0) is 0 Å². The van der Waals surface area contributed by atoms with Gasteiger partial charge in [-0.05, 0) is 25.3 Å². The average Bonchev–Trinajstić information content (AvgIpc) is 2.17. The third-order valence-electron chi connectivity index (χ3n) is 1.83. The van der Waals surface area contributed by atoms with Gasteiger partial charge in [-0.1, -0.05) is 37.5 Å². The molecule has 0 heterocycles. The molecule has 1 nitrogen and oxygen atoms in total. The quantitative estimate of drug-likeness (QED) is 0.614. The van der Waals surface area contributed by atoms with E-state index in [4.69, 9.17) is 0 Å². The normalized spacial score (nSPS) is 11.7. The van der Waals surface area contributed by atoms with Crippen LogP contribution in [-0.4, -0.2) is 7.05 Å². The van der Waals surface area contributed by atoms with Gasteiger partial charge in [-0.2, -0.15) is 0 Å². The van der Waals surface area contributed by atoms with Crippen LogP contribution in [0.25, 0.3) is 0 Å². The Morgan fingerprint density at radius 1 is 1.38 bits per heavy atom. The minimum Gasteiger partial charge on any atom is -0.392 e. The fourth-order valence-electron chi connectivity index (χ4n) is 0.893. The number of hydrogen-bond donors (Lipinski definition) is 1. The highest BCUT2D eigenvalue weighted by atomic mass is 14.8. The van der Waals surface area contributed by atoms with E-state index in [0.717, 1.165) is 18.5 Å². The first kappa shape index (κ1) is 11.8. The van der Waals surface area contributed by atoms with Crippen LogP contribution in [0.4, 0.5) is 0 Å². The lowest BCUT2D eigenvalue weighted by Gasteiger charge is -2.04. The largest absolute Gasteiger partial charge is 0.392 e. The molecule has 0 aliphatic rings. The van der Waals surface area contributed by atoms with E-state index < -0.39 is 0 Å². The van der Waals surface area contributed by atoms with Gasteiger partial charge in [0.05, 0.1) is 0 Å².